The number of benzene rings is 3. The molecule has 8 nitrogen and oxygen atoms in total. The molecule has 1 heterocycles. The largest absolute Gasteiger partial charge is 0.497 e. The van der Waals surface area contributed by atoms with Gasteiger partial charge in [-0.2, -0.15) is 0 Å². The Labute approximate surface area is 206 Å². The molecule has 35 heavy (non-hydrogen) atoms. The molecule has 1 atom stereocenters. The molecule has 0 saturated carbocycles. The predicted octanol–water partition coefficient (Wildman–Crippen LogP) is 4.53. The van der Waals surface area contributed by atoms with Gasteiger partial charge in [-0.3, -0.25) is 0 Å². The average molecular weight is 495 g/mol. The van der Waals surface area contributed by atoms with E-state index < -0.39 is 16.1 Å². The summed E-state index contributed by atoms with van der Waals surface area (Å²) in [5.74, 6) is 0.803. The average Bonchev–Trinajstić information content (AvgIpc) is 3.22. The fourth-order valence-corrected chi connectivity index (χ4v) is 4.98. The molecule has 0 fully saturated rings. The van der Waals surface area contributed by atoms with Crippen molar-refractivity contribution in [3.63, 3.8) is 0 Å². The number of nitrogens with zero attached hydrogens (tertiary/aromatic N) is 1. The maximum Gasteiger partial charge on any atom is 0.328 e. The molecule has 2 amide bonds. The van der Waals surface area contributed by atoms with Crippen LogP contribution in [-0.2, 0) is 16.4 Å². The van der Waals surface area contributed by atoms with E-state index in [2.05, 4.69) is 39.3 Å². The lowest BCUT2D eigenvalue weighted by molar-refractivity contribution is 0.246. The Balaban J connectivity index is 1.35. The second kappa shape index (κ2) is 10.3. The second-order valence-electron chi connectivity index (χ2n) is 8.41. The Morgan fingerprint density at radius 1 is 1.06 bits per heavy atom. The predicted molar refractivity (Wildman–Crippen MR) is 138 cm³/mol. The number of anilines is 3. The van der Waals surface area contributed by atoms with Gasteiger partial charge in [0.25, 0.3) is 10.0 Å². The number of aryl methyl sites for hydroxylation is 1. The Hall–Kier alpha value is -3.72. The standard InChI is InChI=1S/C26H30N4O4S/c1-4-25-28-23-14-11-21(34-3)17-24(23)30(25)20-9-7-19(8-10-20)15-16-27-26(31)29-35(32,33)22-12-5-18(2)6-13-22/h5-14,17,25,28H,4,15-16H2,1-3H3,(H2,27,29,31). The number of fused-ring (bicyclic) bond motifs is 1. The molecule has 184 valence electrons. The minimum atomic E-state index is -3.91. The molecular weight excluding hydrogens is 464 g/mol. The van der Waals surface area contributed by atoms with Crippen molar-refractivity contribution in [2.75, 3.05) is 23.9 Å². The van der Waals surface area contributed by atoms with Crippen LogP contribution in [-0.4, -0.2) is 34.3 Å². The maximum atomic E-state index is 12.3. The van der Waals surface area contributed by atoms with Gasteiger partial charge in [-0.05, 0) is 61.7 Å². The highest BCUT2D eigenvalue weighted by molar-refractivity contribution is 7.90. The van der Waals surface area contributed by atoms with Gasteiger partial charge < -0.3 is 20.3 Å². The van der Waals surface area contributed by atoms with Crippen molar-refractivity contribution in [3.8, 4) is 5.75 Å². The number of urea groups is 1. The monoisotopic (exact) mass is 494 g/mol. The van der Waals surface area contributed by atoms with Gasteiger partial charge in [0.2, 0.25) is 0 Å². The van der Waals surface area contributed by atoms with Crippen LogP contribution in [0.1, 0.15) is 24.5 Å². The summed E-state index contributed by atoms with van der Waals surface area (Å²) in [6.45, 7) is 4.30. The third-order valence-corrected chi connectivity index (χ3v) is 7.30. The van der Waals surface area contributed by atoms with Crippen LogP contribution in [0.25, 0.3) is 0 Å². The van der Waals surface area contributed by atoms with E-state index in [0.717, 1.165) is 40.4 Å². The van der Waals surface area contributed by atoms with E-state index in [1.807, 2.05) is 37.3 Å². The summed E-state index contributed by atoms with van der Waals surface area (Å²) in [4.78, 5) is 14.4. The van der Waals surface area contributed by atoms with Gasteiger partial charge in [0.15, 0.2) is 0 Å². The fraction of sp³-hybridized carbons (Fsp3) is 0.269. The van der Waals surface area contributed by atoms with Crippen LogP contribution in [0.5, 0.6) is 5.75 Å². The number of nitrogens with one attached hydrogen (secondary N) is 3. The maximum absolute atomic E-state index is 12.3. The van der Waals surface area contributed by atoms with Crippen molar-refractivity contribution in [2.45, 2.75) is 37.8 Å². The molecule has 3 N–H and O–H groups in total. The van der Waals surface area contributed by atoms with Gasteiger partial charge in [0, 0.05) is 18.3 Å². The smallest absolute Gasteiger partial charge is 0.328 e. The first-order valence-electron chi connectivity index (χ1n) is 11.5. The molecule has 9 heteroatoms. The molecule has 0 aromatic heterocycles. The zero-order valence-corrected chi connectivity index (χ0v) is 20.9. The SMILES string of the molecule is CCC1Nc2ccc(OC)cc2N1c1ccc(CCNC(=O)NS(=O)(=O)c2ccc(C)cc2)cc1. The topological polar surface area (TPSA) is 99.8 Å². The Morgan fingerprint density at radius 3 is 2.43 bits per heavy atom. The van der Waals surface area contributed by atoms with Crippen molar-refractivity contribution in [1.29, 1.82) is 0 Å². The van der Waals surface area contributed by atoms with Gasteiger partial charge in [-0.1, -0.05) is 36.8 Å². The molecule has 3 aromatic carbocycles. The number of hydrogen-bond donors (Lipinski definition) is 3. The van der Waals surface area contributed by atoms with E-state index in [4.69, 9.17) is 4.74 Å². The summed E-state index contributed by atoms with van der Waals surface area (Å²) >= 11 is 0. The van der Waals surface area contributed by atoms with Crippen LogP contribution in [0.15, 0.2) is 71.6 Å². The lowest BCUT2D eigenvalue weighted by atomic mass is 10.1. The fourth-order valence-electron chi connectivity index (χ4n) is 4.05. The van der Waals surface area contributed by atoms with Crippen LogP contribution in [0.4, 0.5) is 21.9 Å². The lowest BCUT2D eigenvalue weighted by Gasteiger charge is -2.26. The molecule has 0 radical (unpaired) electrons. The number of carbonyl (C=O) groups excluding carboxylic acids is 1. The zero-order valence-electron chi connectivity index (χ0n) is 20.0. The Kier molecular flexibility index (Phi) is 7.16. The molecule has 4 rings (SSSR count). The van der Waals surface area contributed by atoms with E-state index >= 15 is 0 Å². The molecule has 0 aliphatic carbocycles. The lowest BCUT2D eigenvalue weighted by Crippen LogP contribution is -2.40. The van der Waals surface area contributed by atoms with E-state index in [0.29, 0.717) is 13.0 Å². The van der Waals surface area contributed by atoms with Crippen LogP contribution < -0.4 is 25.0 Å². The van der Waals surface area contributed by atoms with Crippen molar-refractivity contribution in [3.05, 3.63) is 77.9 Å². The van der Waals surface area contributed by atoms with Crippen LogP contribution in [0, 0.1) is 6.92 Å². The van der Waals surface area contributed by atoms with E-state index in [9.17, 15) is 13.2 Å². The normalized spacial score (nSPS) is 14.7. The summed E-state index contributed by atoms with van der Waals surface area (Å²) in [5, 5.41) is 6.16. The van der Waals surface area contributed by atoms with Crippen molar-refractivity contribution in [1.82, 2.24) is 10.0 Å². The molecule has 0 bridgehead atoms. The second-order valence-corrected chi connectivity index (χ2v) is 10.1. The first-order chi connectivity index (χ1) is 16.8. The van der Waals surface area contributed by atoms with Crippen molar-refractivity contribution < 1.29 is 17.9 Å². The van der Waals surface area contributed by atoms with Crippen LogP contribution in [0.3, 0.4) is 0 Å². The number of ether oxygens (including phenoxy) is 1. The Morgan fingerprint density at radius 2 is 1.77 bits per heavy atom. The van der Waals surface area contributed by atoms with Gasteiger partial charge in [0.1, 0.15) is 11.9 Å². The zero-order chi connectivity index (χ0) is 25.0. The number of rotatable bonds is 8. The highest BCUT2D eigenvalue weighted by atomic mass is 32.2. The Bertz CT molecular complexity index is 1290. The minimum Gasteiger partial charge on any atom is -0.497 e. The number of hydrogen-bond acceptors (Lipinski definition) is 6. The van der Waals surface area contributed by atoms with Gasteiger partial charge in [0.05, 0.1) is 23.4 Å². The molecule has 3 aromatic rings. The highest BCUT2D eigenvalue weighted by Crippen LogP contribution is 2.42. The van der Waals surface area contributed by atoms with E-state index in [-0.39, 0.29) is 11.1 Å². The molecule has 1 aliphatic heterocycles. The number of sulfonamides is 1. The molecule has 0 spiro atoms. The molecular formula is C26H30N4O4S. The summed E-state index contributed by atoms with van der Waals surface area (Å²) in [7, 11) is -2.25. The van der Waals surface area contributed by atoms with Crippen LogP contribution in [0.2, 0.25) is 0 Å². The molecule has 1 aliphatic rings. The summed E-state index contributed by atoms with van der Waals surface area (Å²) in [5.41, 5.74) is 5.15. The van der Waals surface area contributed by atoms with Crippen molar-refractivity contribution in [2.24, 2.45) is 0 Å². The molecule has 0 saturated heterocycles. The highest BCUT2D eigenvalue weighted by Gasteiger charge is 2.29. The molecule has 1 unspecified atom stereocenters. The quantitative estimate of drug-likeness (QED) is 0.425. The third kappa shape index (κ3) is 5.51. The summed E-state index contributed by atoms with van der Waals surface area (Å²) in [6, 6.07) is 19.7. The van der Waals surface area contributed by atoms with E-state index in [1.165, 1.54) is 12.1 Å². The van der Waals surface area contributed by atoms with Crippen molar-refractivity contribution >= 4 is 33.1 Å². The third-order valence-electron chi connectivity index (χ3n) is 5.96. The van der Waals surface area contributed by atoms with Gasteiger partial charge in [-0.25, -0.2) is 17.9 Å². The number of carbonyl (C=O) groups is 1. The summed E-state index contributed by atoms with van der Waals surface area (Å²) < 4.78 is 32.1. The van der Waals surface area contributed by atoms with Gasteiger partial charge >= 0.3 is 6.03 Å². The number of amides is 2. The van der Waals surface area contributed by atoms with Gasteiger partial charge in [-0.15, -0.1) is 0 Å². The first-order valence-corrected chi connectivity index (χ1v) is 13.0. The van der Waals surface area contributed by atoms with Crippen LogP contribution >= 0.6 is 0 Å². The van der Waals surface area contributed by atoms with E-state index in [1.54, 1.807) is 19.2 Å². The first kappa shape index (κ1) is 24.4. The number of methoxy groups -OCH3 is 1. The summed E-state index contributed by atoms with van der Waals surface area (Å²) in [6.07, 6.45) is 1.63. The minimum absolute atomic E-state index is 0.0508.